The first-order valence-corrected chi connectivity index (χ1v) is 13.5. The minimum absolute atomic E-state index is 0.154. The highest BCUT2D eigenvalue weighted by Gasteiger charge is 2.37. The predicted octanol–water partition coefficient (Wildman–Crippen LogP) is 7.20. The van der Waals surface area contributed by atoms with Crippen molar-refractivity contribution in [1.82, 2.24) is 9.55 Å². The summed E-state index contributed by atoms with van der Waals surface area (Å²) >= 11 is 3.80. The second-order valence-electron chi connectivity index (χ2n) is 11.1. The Bertz CT molecular complexity index is 1230. The standard InChI is InChI=1S/C30H37BrN2O3/c1-7-35-27(34)17-23(28-32-14-15-33(28)6)20-8-10-22(11-9-20)36-19-21-16-24-25(18-26(21)31)30(4,5)13-12-29(24,2)3/h8-11,14-16,18,23H,7,12-13,17,19H2,1-6H3/t23-/m0/s1. The summed E-state index contributed by atoms with van der Waals surface area (Å²) in [4.78, 5) is 16.8. The van der Waals surface area contributed by atoms with E-state index >= 15 is 0 Å². The van der Waals surface area contributed by atoms with Crippen LogP contribution >= 0.6 is 15.9 Å². The number of imidazole rings is 1. The predicted molar refractivity (Wildman–Crippen MR) is 147 cm³/mol. The summed E-state index contributed by atoms with van der Waals surface area (Å²) < 4.78 is 14.5. The van der Waals surface area contributed by atoms with Crippen molar-refractivity contribution in [2.45, 2.75) is 77.2 Å². The summed E-state index contributed by atoms with van der Waals surface area (Å²) in [6.45, 7) is 12.0. The number of esters is 1. The van der Waals surface area contributed by atoms with E-state index in [9.17, 15) is 4.79 Å². The Morgan fingerprint density at radius 2 is 1.72 bits per heavy atom. The fraction of sp³-hybridized carbons (Fsp3) is 0.467. The van der Waals surface area contributed by atoms with E-state index in [4.69, 9.17) is 9.47 Å². The van der Waals surface area contributed by atoms with Crippen LogP contribution < -0.4 is 4.74 Å². The molecule has 0 N–H and O–H groups in total. The number of nitrogens with zero attached hydrogens (tertiary/aromatic N) is 2. The fourth-order valence-corrected chi connectivity index (χ4v) is 5.62. The number of hydrogen-bond donors (Lipinski definition) is 0. The Hall–Kier alpha value is -2.60. The second kappa shape index (κ2) is 10.4. The SMILES string of the molecule is CCOC(=O)C[C@@H](c1ccc(OCc2cc3c(cc2Br)C(C)(C)CCC3(C)C)cc1)c1nccn1C. The van der Waals surface area contributed by atoms with E-state index in [2.05, 4.69) is 60.7 Å². The summed E-state index contributed by atoms with van der Waals surface area (Å²) in [6.07, 6.45) is 6.26. The number of fused-ring (bicyclic) bond motifs is 1. The monoisotopic (exact) mass is 552 g/mol. The van der Waals surface area contributed by atoms with Crippen molar-refractivity contribution >= 4 is 21.9 Å². The Morgan fingerprint density at radius 3 is 2.31 bits per heavy atom. The number of hydrogen-bond acceptors (Lipinski definition) is 4. The molecule has 3 aromatic rings. The van der Waals surface area contributed by atoms with Gasteiger partial charge in [-0.05, 0) is 65.5 Å². The molecule has 1 atom stereocenters. The Balaban J connectivity index is 1.53. The number of benzene rings is 2. The van der Waals surface area contributed by atoms with Crippen molar-refractivity contribution in [2.24, 2.45) is 7.05 Å². The largest absolute Gasteiger partial charge is 0.489 e. The van der Waals surface area contributed by atoms with Crippen LogP contribution in [0.15, 0.2) is 53.3 Å². The van der Waals surface area contributed by atoms with Gasteiger partial charge in [0.1, 0.15) is 18.2 Å². The van der Waals surface area contributed by atoms with Crippen LogP contribution in [0.2, 0.25) is 0 Å². The quantitative estimate of drug-likeness (QED) is 0.277. The van der Waals surface area contributed by atoms with Crippen molar-refractivity contribution in [3.8, 4) is 5.75 Å². The third-order valence-electron chi connectivity index (χ3n) is 7.54. The number of carbonyl (C=O) groups excluding carboxylic acids is 1. The van der Waals surface area contributed by atoms with Crippen LogP contribution in [-0.2, 0) is 34.0 Å². The maximum Gasteiger partial charge on any atom is 0.306 e. The van der Waals surface area contributed by atoms with Gasteiger partial charge < -0.3 is 14.0 Å². The molecule has 0 amide bonds. The highest BCUT2D eigenvalue weighted by Crippen LogP contribution is 2.47. The highest BCUT2D eigenvalue weighted by molar-refractivity contribution is 9.10. The van der Waals surface area contributed by atoms with Crippen molar-refractivity contribution in [3.05, 3.63) is 81.3 Å². The second-order valence-corrected chi connectivity index (χ2v) is 11.9. The summed E-state index contributed by atoms with van der Waals surface area (Å²) in [6, 6.07) is 12.6. The molecule has 0 radical (unpaired) electrons. The smallest absolute Gasteiger partial charge is 0.306 e. The Kier molecular flexibility index (Phi) is 7.65. The normalized spacial score (nSPS) is 16.8. The van der Waals surface area contributed by atoms with Gasteiger partial charge in [0.15, 0.2) is 0 Å². The third-order valence-corrected chi connectivity index (χ3v) is 8.28. The molecule has 1 aliphatic rings. The Morgan fingerprint density at radius 1 is 1.08 bits per heavy atom. The van der Waals surface area contributed by atoms with Gasteiger partial charge in [0, 0.05) is 29.5 Å². The number of halogens is 1. The molecule has 36 heavy (non-hydrogen) atoms. The number of carbonyl (C=O) groups is 1. The van der Waals surface area contributed by atoms with Gasteiger partial charge in [-0.25, -0.2) is 4.98 Å². The number of aromatic nitrogens is 2. The van der Waals surface area contributed by atoms with E-state index in [1.165, 1.54) is 24.0 Å². The number of rotatable bonds is 8. The van der Waals surface area contributed by atoms with E-state index in [0.717, 1.165) is 27.2 Å². The first-order chi connectivity index (χ1) is 17.0. The fourth-order valence-electron chi connectivity index (χ4n) is 5.16. The lowest BCUT2D eigenvalue weighted by atomic mass is 9.63. The van der Waals surface area contributed by atoms with Gasteiger partial charge in [0.25, 0.3) is 0 Å². The topological polar surface area (TPSA) is 53.4 Å². The Labute approximate surface area is 223 Å². The van der Waals surface area contributed by atoms with Crippen molar-refractivity contribution in [1.29, 1.82) is 0 Å². The van der Waals surface area contributed by atoms with Gasteiger partial charge in [0.2, 0.25) is 0 Å². The lowest BCUT2D eigenvalue weighted by molar-refractivity contribution is -0.143. The molecule has 1 aliphatic carbocycles. The van der Waals surface area contributed by atoms with Gasteiger partial charge in [-0.1, -0.05) is 61.8 Å². The van der Waals surface area contributed by atoms with E-state index in [1.54, 1.807) is 6.20 Å². The highest BCUT2D eigenvalue weighted by atomic mass is 79.9. The molecule has 0 saturated heterocycles. The lowest BCUT2D eigenvalue weighted by Gasteiger charge is -2.42. The van der Waals surface area contributed by atoms with E-state index < -0.39 is 0 Å². The van der Waals surface area contributed by atoms with E-state index in [-0.39, 0.29) is 29.1 Å². The van der Waals surface area contributed by atoms with E-state index in [1.807, 2.05) is 49.0 Å². The maximum absolute atomic E-state index is 12.3. The summed E-state index contributed by atoms with van der Waals surface area (Å²) in [5, 5.41) is 0. The summed E-state index contributed by atoms with van der Waals surface area (Å²) in [7, 11) is 1.94. The summed E-state index contributed by atoms with van der Waals surface area (Å²) in [5.41, 5.74) is 5.34. The molecule has 0 fully saturated rings. The molecule has 6 heteroatoms. The van der Waals surface area contributed by atoms with Crippen LogP contribution in [0.4, 0.5) is 0 Å². The molecule has 5 nitrogen and oxygen atoms in total. The van der Waals surface area contributed by atoms with E-state index in [0.29, 0.717) is 13.2 Å². The van der Waals surface area contributed by atoms with Crippen LogP contribution in [0.5, 0.6) is 5.75 Å². The molecule has 0 saturated carbocycles. The molecule has 2 aromatic carbocycles. The molecule has 0 bridgehead atoms. The van der Waals surface area contributed by atoms with Gasteiger partial charge in [0.05, 0.1) is 18.9 Å². The van der Waals surface area contributed by atoms with Gasteiger partial charge >= 0.3 is 5.97 Å². The molecular weight excluding hydrogens is 516 g/mol. The first-order valence-electron chi connectivity index (χ1n) is 12.7. The van der Waals surface area contributed by atoms with Crippen LogP contribution in [0.1, 0.15) is 87.9 Å². The summed E-state index contributed by atoms with van der Waals surface area (Å²) in [5.74, 6) is 1.21. The zero-order valence-corrected chi connectivity index (χ0v) is 23.8. The van der Waals surface area contributed by atoms with Gasteiger partial charge in [-0.15, -0.1) is 0 Å². The maximum atomic E-state index is 12.3. The van der Waals surface area contributed by atoms with Crippen LogP contribution in [-0.4, -0.2) is 22.1 Å². The molecule has 1 aromatic heterocycles. The van der Waals surface area contributed by atoms with Crippen LogP contribution in [0.3, 0.4) is 0 Å². The number of ether oxygens (including phenoxy) is 2. The molecule has 4 rings (SSSR count). The molecule has 0 unspecified atom stereocenters. The molecular formula is C30H37BrN2O3. The minimum atomic E-state index is -0.228. The zero-order chi connectivity index (χ0) is 26.1. The molecule has 0 spiro atoms. The van der Waals surface area contributed by atoms with Gasteiger partial charge in [-0.2, -0.15) is 0 Å². The number of aryl methyl sites for hydroxylation is 1. The van der Waals surface area contributed by atoms with Crippen LogP contribution in [0, 0.1) is 0 Å². The zero-order valence-electron chi connectivity index (χ0n) is 22.2. The lowest BCUT2D eigenvalue weighted by Crippen LogP contribution is -2.34. The molecule has 192 valence electrons. The average Bonchev–Trinajstić information content (AvgIpc) is 3.25. The van der Waals surface area contributed by atoms with Crippen LogP contribution in [0.25, 0.3) is 0 Å². The third kappa shape index (κ3) is 5.54. The average molecular weight is 554 g/mol. The minimum Gasteiger partial charge on any atom is -0.489 e. The van der Waals surface area contributed by atoms with Crippen molar-refractivity contribution < 1.29 is 14.3 Å². The van der Waals surface area contributed by atoms with Crippen molar-refractivity contribution in [3.63, 3.8) is 0 Å². The molecule has 0 aliphatic heterocycles. The van der Waals surface area contributed by atoms with Gasteiger partial charge in [-0.3, -0.25) is 4.79 Å². The molecule has 1 heterocycles. The first kappa shape index (κ1) is 26.5. The van der Waals surface area contributed by atoms with Crippen molar-refractivity contribution in [2.75, 3.05) is 6.61 Å².